The van der Waals surface area contributed by atoms with E-state index in [1.807, 2.05) is 0 Å². The first-order valence-electron chi connectivity index (χ1n) is 7.21. The van der Waals surface area contributed by atoms with Crippen LogP contribution in [0.25, 0.3) is 0 Å². The molecule has 2 unspecified atom stereocenters. The standard InChI is InChI=1S/C14H29NS/c1-3-5-9-13(8-4-2)12-16-14-10-6-7-11-15-14/h13-15H,3-12H2,1-2H3. The second-order valence-corrected chi connectivity index (χ2v) is 6.30. The molecule has 2 atom stereocenters. The third-order valence-corrected chi connectivity index (χ3v) is 4.93. The number of unbranched alkanes of at least 4 members (excludes halogenated alkanes) is 1. The van der Waals surface area contributed by atoms with Gasteiger partial charge >= 0.3 is 0 Å². The molecule has 0 spiro atoms. The number of hydrogen-bond donors (Lipinski definition) is 1. The highest BCUT2D eigenvalue weighted by Gasteiger charge is 2.15. The van der Waals surface area contributed by atoms with E-state index in [-0.39, 0.29) is 0 Å². The van der Waals surface area contributed by atoms with Gasteiger partial charge < -0.3 is 5.32 Å². The molecule has 1 N–H and O–H groups in total. The van der Waals surface area contributed by atoms with Crippen molar-refractivity contribution < 1.29 is 0 Å². The van der Waals surface area contributed by atoms with Gasteiger partial charge in [-0.1, -0.05) is 33.1 Å². The Balaban J connectivity index is 2.14. The van der Waals surface area contributed by atoms with Crippen LogP contribution in [0.5, 0.6) is 0 Å². The monoisotopic (exact) mass is 243 g/mol. The van der Waals surface area contributed by atoms with Crippen LogP contribution in [0.2, 0.25) is 0 Å². The van der Waals surface area contributed by atoms with Gasteiger partial charge in [-0.25, -0.2) is 0 Å². The first-order chi connectivity index (χ1) is 7.86. The zero-order valence-electron chi connectivity index (χ0n) is 11.1. The Morgan fingerprint density at radius 2 is 2.06 bits per heavy atom. The molecule has 0 aromatic heterocycles. The lowest BCUT2D eigenvalue weighted by atomic mass is 9.99. The lowest BCUT2D eigenvalue weighted by molar-refractivity contribution is 0.465. The molecule has 1 rings (SSSR count). The van der Waals surface area contributed by atoms with Crippen LogP contribution >= 0.6 is 11.8 Å². The van der Waals surface area contributed by atoms with Crippen molar-refractivity contribution in [3.63, 3.8) is 0 Å². The quantitative estimate of drug-likeness (QED) is 0.677. The van der Waals surface area contributed by atoms with E-state index in [0.717, 1.165) is 11.3 Å². The summed E-state index contributed by atoms with van der Waals surface area (Å²) in [6, 6.07) is 0. The van der Waals surface area contributed by atoms with Gasteiger partial charge in [-0.3, -0.25) is 0 Å². The maximum absolute atomic E-state index is 3.64. The highest BCUT2D eigenvalue weighted by atomic mass is 32.2. The predicted molar refractivity (Wildman–Crippen MR) is 76.0 cm³/mol. The summed E-state index contributed by atoms with van der Waals surface area (Å²) < 4.78 is 0. The number of hydrogen-bond acceptors (Lipinski definition) is 2. The molecule has 1 fully saturated rings. The molecule has 1 saturated heterocycles. The van der Waals surface area contributed by atoms with E-state index in [9.17, 15) is 0 Å². The van der Waals surface area contributed by atoms with Crippen LogP contribution in [-0.4, -0.2) is 17.7 Å². The van der Waals surface area contributed by atoms with Crippen molar-refractivity contribution in [3.8, 4) is 0 Å². The second kappa shape index (κ2) is 9.35. The molecular formula is C14H29NS. The molecule has 96 valence electrons. The van der Waals surface area contributed by atoms with E-state index in [1.54, 1.807) is 0 Å². The molecule has 0 aromatic rings. The summed E-state index contributed by atoms with van der Waals surface area (Å²) in [6.07, 6.45) is 11.2. The highest BCUT2D eigenvalue weighted by Crippen LogP contribution is 2.25. The van der Waals surface area contributed by atoms with E-state index in [4.69, 9.17) is 0 Å². The molecule has 0 bridgehead atoms. The predicted octanol–water partition coefficient (Wildman–Crippen LogP) is 4.43. The van der Waals surface area contributed by atoms with Gasteiger partial charge in [-0.05, 0) is 50.3 Å². The Bertz CT molecular complexity index is 155. The molecule has 1 nitrogen and oxygen atoms in total. The minimum Gasteiger partial charge on any atom is -0.305 e. The Morgan fingerprint density at radius 3 is 2.69 bits per heavy atom. The number of thioether (sulfide) groups is 1. The molecular weight excluding hydrogens is 214 g/mol. The normalized spacial score (nSPS) is 23.2. The van der Waals surface area contributed by atoms with Gasteiger partial charge in [0.05, 0.1) is 5.37 Å². The maximum atomic E-state index is 3.64. The smallest absolute Gasteiger partial charge is 0.0532 e. The fourth-order valence-corrected chi connectivity index (χ4v) is 3.83. The molecule has 0 amide bonds. The van der Waals surface area contributed by atoms with E-state index in [0.29, 0.717) is 0 Å². The molecule has 1 heterocycles. The summed E-state index contributed by atoms with van der Waals surface area (Å²) in [6.45, 7) is 5.87. The number of piperidine rings is 1. The number of nitrogens with one attached hydrogen (secondary N) is 1. The van der Waals surface area contributed by atoms with Crippen LogP contribution in [0.1, 0.15) is 65.2 Å². The van der Waals surface area contributed by atoms with Crippen molar-refractivity contribution >= 4 is 11.8 Å². The van der Waals surface area contributed by atoms with Crippen LogP contribution in [0.4, 0.5) is 0 Å². The Morgan fingerprint density at radius 1 is 1.19 bits per heavy atom. The van der Waals surface area contributed by atoms with Crippen molar-refractivity contribution in [2.24, 2.45) is 5.92 Å². The topological polar surface area (TPSA) is 12.0 Å². The first-order valence-corrected chi connectivity index (χ1v) is 8.26. The minimum absolute atomic E-state index is 0.759. The van der Waals surface area contributed by atoms with Gasteiger partial charge in [0.1, 0.15) is 0 Å². The van der Waals surface area contributed by atoms with Crippen LogP contribution < -0.4 is 5.32 Å². The van der Waals surface area contributed by atoms with E-state index in [1.165, 1.54) is 63.7 Å². The van der Waals surface area contributed by atoms with E-state index in [2.05, 4.69) is 30.9 Å². The van der Waals surface area contributed by atoms with Crippen molar-refractivity contribution in [2.75, 3.05) is 12.3 Å². The summed E-state index contributed by atoms with van der Waals surface area (Å²) in [4.78, 5) is 0. The number of rotatable bonds is 8. The van der Waals surface area contributed by atoms with Crippen LogP contribution in [0.3, 0.4) is 0 Å². The van der Waals surface area contributed by atoms with Crippen molar-refractivity contribution in [3.05, 3.63) is 0 Å². The molecule has 0 radical (unpaired) electrons. The summed E-state index contributed by atoms with van der Waals surface area (Å²) in [7, 11) is 0. The molecule has 2 heteroatoms. The molecule has 0 aliphatic carbocycles. The van der Waals surface area contributed by atoms with E-state index >= 15 is 0 Å². The minimum atomic E-state index is 0.759. The fraction of sp³-hybridized carbons (Fsp3) is 1.00. The fourth-order valence-electron chi connectivity index (χ4n) is 2.43. The Kier molecular flexibility index (Phi) is 8.40. The summed E-state index contributed by atoms with van der Waals surface area (Å²) in [5.41, 5.74) is 0. The van der Waals surface area contributed by atoms with Gasteiger partial charge in [0.2, 0.25) is 0 Å². The maximum Gasteiger partial charge on any atom is 0.0532 e. The third-order valence-electron chi connectivity index (χ3n) is 3.46. The molecule has 1 aliphatic rings. The largest absolute Gasteiger partial charge is 0.305 e. The van der Waals surface area contributed by atoms with Crippen molar-refractivity contribution in [2.45, 2.75) is 70.6 Å². The van der Waals surface area contributed by atoms with Crippen LogP contribution in [0.15, 0.2) is 0 Å². The summed E-state index contributed by atoms with van der Waals surface area (Å²) in [5.74, 6) is 2.35. The van der Waals surface area contributed by atoms with Gasteiger partial charge in [-0.2, -0.15) is 0 Å². The Labute approximate surface area is 106 Å². The van der Waals surface area contributed by atoms with Gasteiger partial charge in [0, 0.05) is 0 Å². The molecule has 16 heavy (non-hydrogen) atoms. The van der Waals surface area contributed by atoms with Crippen molar-refractivity contribution in [1.82, 2.24) is 5.32 Å². The highest BCUT2D eigenvalue weighted by molar-refractivity contribution is 7.99. The van der Waals surface area contributed by atoms with Crippen molar-refractivity contribution in [1.29, 1.82) is 0 Å². The van der Waals surface area contributed by atoms with Crippen LogP contribution in [-0.2, 0) is 0 Å². The third kappa shape index (κ3) is 6.15. The Hall–Kier alpha value is 0.310. The van der Waals surface area contributed by atoms with Gasteiger partial charge in [-0.15, -0.1) is 11.8 Å². The first kappa shape index (κ1) is 14.4. The molecule has 0 aromatic carbocycles. The summed E-state index contributed by atoms with van der Waals surface area (Å²) >= 11 is 2.18. The summed E-state index contributed by atoms with van der Waals surface area (Å²) in [5, 5.41) is 4.39. The van der Waals surface area contributed by atoms with E-state index < -0.39 is 0 Å². The zero-order chi connectivity index (χ0) is 11.6. The average Bonchev–Trinajstić information content (AvgIpc) is 2.34. The molecule has 1 aliphatic heterocycles. The zero-order valence-corrected chi connectivity index (χ0v) is 12.0. The van der Waals surface area contributed by atoms with Gasteiger partial charge in [0.25, 0.3) is 0 Å². The average molecular weight is 243 g/mol. The lowest BCUT2D eigenvalue weighted by Gasteiger charge is -2.25. The molecule has 0 saturated carbocycles. The SMILES string of the molecule is CCCCC(CCC)CSC1CCCCN1. The lowest BCUT2D eigenvalue weighted by Crippen LogP contribution is -2.32. The van der Waals surface area contributed by atoms with Gasteiger partial charge in [0.15, 0.2) is 0 Å². The second-order valence-electron chi connectivity index (χ2n) is 5.07. The van der Waals surface area contributed by atoms with Crippen LogP contribution in [0, 0.1) is 5.92 Å².